The molecule has 0 fully saturated rings. The summed E-state index contributed by atoms with van der Waals surface area (Å²) < 4.78 is 10.9. The van der Waals surface area contributed by atoms with Gasteiger partial charge in [-0.3, -0.25) is 9.59 Å². The minimum atomic E-state index is -0.430. The number of nitrogens with zero attached hydrogens (tertiary/aromatic N) is 1. The number of anilines is 2. The van der Waals surface area contributed by atoms with Crippen LogP contribution in [0, 0.1) is 0 Å². The summed E-state index contributed by atoms with van der Waals surface area (Å²) in [5, 5.41) is 5.27. The lowest BCUT2D eigenvalue weighted by atomic mass is 10.0. The summed E-state index contributed by atoms with van der Waals surface area (Å²) >= 11 is 0. The zero-order valence-electron chi connectivity index (χ0n) is 19.4. The maximum atomic E-state index is 13.7. The Hall–Kier alpha value is -4.58. The van der Waals surface area contributed by atoms with Crippen molar-refractivity contribution in [2.24, 2.45) is 0 Å². The average Bonchev–Trinajstić information content (AvgIpc) is 3.14. The number of carbonyl (C=O) groups is 2. The third-order valence-electron chi connectivity index (χ3n) is 5.90. The molecule has 0 aromatic heterocycles. The zero-order chi connectivity index (χ0) is 24.4. The minimum Gasteiger partial charge on any atom is -0.497 e. The van der Waals surface area contributed by atoms with Crippen LogP contribution < -0.4 is 19.7 Å². The second kappa shape index (κ2) is 9.35. The number of rotatable bonds is 7. The molecule has 35 heavy (non-hydrogen) atoms. The maximum Gasteiger partial charge on any atom is 0.282 e. The number of imide groups is 1. The molecule has 5 rings (SSSR count). The van der Waals surface area contributed by atoms with Gasteiger partial charge in [-0.25, -0.2) is 4.90 Å². The third-order valence-corrected chi connectivity index (χ3v) is 5.90. The molecular formula is C29H24N2O4. The zero-order valence-corrected chi connectivity index (χ0v) is 19.4. The molecule has 1 aliphatic heterocycles. The molecule has 0 saturated carbocycles. The van der Waals surface area contributed by atoms with E-state index in [4.69, 9.17) is 9.47 Å². The van der Waals surface area contributed by atoms with Crippen molar-refractivity contribution in [3.05, 3.63) is 102 Å². The number of hydrogen-bond acceptors (Lipinski definition) is 5. The minimum absolute atomic E-state index is 0.221. The number of ether oxygens (including phenoxy) is 2. The number of hydrogen-bond donors (Lipinski definition) is 1. The summed E-state index contributed by atoms with van der Waals surface area (Å²) in [6, 6.07) is 27.8. The molecule has 1 aliphatic rings. The van der Waals surface area contributed by atoms with Gasteiger partial charge >= 0.3 is 0 Å². The predicted octanol–water partition coefficient (Wildman–Crippen LogP) is 5.64. The largest absolute Gasteiger partial charge is 0.497 e. The number of amides is 2. The van der Waals surface area contributed by atoms with Crippen LogP contribution in [-0.4, -0.2) is 25.5 Å². The first-order chi connectivity index (χ1) is 17.1. The molecule has 0 aliphatic carbocycles. The quantitative estimate of drug-likeness (QED) is 0.358. The summed E-state index contributed by atoms with van der Waals surface area (Å²) in [4.78, 5) is 28.6. The summed E-state index contributed by atoms with van der Waals surface area (Å²) in [6.45, 7) is 2.45. The number of fused-ring (bicyclic) bond motifs is 1. The molecule has 6 heteroatoms. The fourth-order valence-electron chi connectivity index (χ4n) is 4.25. The summed E-state index contributed by atoms with van der Waals surface area (Å²) in [5.74, 6) is 0.415. The normalized spacial score (nSPS) is 13.5. The van der Waals surface area contributed by atoms with E-state index in [1.807, 2.05) is 49.4 Å². The van der Waals surface area contributed by atoms with Gasteiger partial charge in [0.15, 0.2) is 0 Å². The van der Waals surface area contributed by atoms with E-state index in [-0.39, 0.29) is 5.70 Å². The van der Waals surface area contributed by atoms with Gasteiger partial charge in [-0.15, -0.1) is 0 Å². The van der Waals surface area contributed by atoms with Crippen molar-refractivity contribution in [3.63, 3.8) is 0 Å². The highest BCUT2D eigenvalue weighted by molar-refractivity contribution is 6.46. The number of methoxy groups -OCH3 is 1. The van der Waals surface area contributed by atoms with Crippen molar-refractivity contribution < 1.29 is 19.1 Å². The monoisotopic (exact) mass is 464 g/mol. The molecule has 0 radical (unpaired) electrons. The van der Waals surface area contributed by atoms with Crippen LogP contribution in [0.5, 0.6) is 11.5 Å². The predicted molar refractivity (Wildman–Crippen MR) is 138 cm³/mol. The highest BCUT2D eigenvalue weighted by Crippen LogP contribution is 2.36. The molecule has 0 spiro atoms. The SMILES string of the molecule is CCOc1ccc(C2=C(Nc3cccc4ccccc34)C(=O)N(c3cccc(OC)c3)C2=O)cc1. The first-order valence-electron chi connectivity index (χ1n) is 11.4. The lowest BCUT2D eigenvalue weighted by molar-refractivity contribution is -0.120. The Kier molecular flexibility index (Phi) is 5.94. The van der Waals surface area contributed by atoms with Gasteiger partial charge in [0.25, 0.3) is 11.8 Å². The van der Waals surface area contributed by atoms with Crippen molar-refractivity contribution in [1.82, 2.24) is 0 Å². The van der Waals surface area contributed by atoms with Crippen LogP contribution in [0.25, 0.3) is 16.3 Å². The Morgan fingerprint density at radius 1 is 0.800 bits per heavy atom. The van der Waals surface area contributed by atoms with Gasteiger partial charge in [0.2, 0.25) is 0 Å². The number of benzene rings is 4. The summed E-state index contributed by atoms with van der Waals surface area (Å²) in [6.07, 6.45) is 0. The number of carbonyl (C=O) groups excluding carboxylic acids is 2. The molecule has 0 saturated heterocycles. The van der Waals surface area contributed by atoms with Crippen LogP contribution >= 0.6 is 0 Å². The molecule has 4 aromatic rings. The van der Waals surface area contributed by atoms with Gasteiger partial charge in [-0.05, 0) is 48.2 Å². The molecule has 6 nitrogen and oxygen atoms in total. The van der Waals surface area contributed by atoms with Gasteiger partial charge in [0.1, 0.15) is 17.2 Å². The molecule has 1 N–H and O–H groups in total. The third kappa shape index (κ3) is 4.10. The lowest BCUT2D eigenvalue weighted by Crippen LogP contribution is -2.32. The van der Waals surface area contributed by atoms with E-state index in [0.717, 1.165) is 16.5 Å². The smallest absolute Gasteiger partial charge is 0.282 e. The average molecular weight is 465 g/mol. The molecule has 4 aromatic carbocycles. The molecule has 2 amide bonds. The van der Waals surface area contributed by atoms with E-state index in [1.165, 1.54) is 4.90 Å². The van der Waals surface area contributed by atoms with Crippen LogP contribution in [0.4, 0.5) is 11.4 Å². The highest BCUT2D eigenvalue weighted by atomic mass is 16.5. The standard InChI is InChI=1S/C29H24N2O4/c1-3-35-22-16-14-20(15-17-22)26-27(30-25-13-6-9-19-8-4-5-12-24(19)25)29(33)31(28(26)32)21-10-7-11-23(18-21)34-2/h4-18,30H,3H2,1-2H3. The Bertz CT molecular complexity index is 1450. The number of nitrogens with one attached hydrogen (secondary N) is 1. The first kappa shape index (κ1) is 22.2. The highest BCUT2D eigenvalue weighted by Gasteiger charge is 2.40. The van der Waals surface area contributed by atoms with E-state index >= 15 is 0 Å². The van der Waals surface area contributed by atoms with Gasteiger partial charge in [0, 0.05) is 17.1 Å². The molecule has 0 unspecified atom stereocenters. The van der Waals surface area contributed by atoms with E-state index < -0.39 is 11.8 Å². The van der Waals surface area contributed by atoms with Crippen LogP contribution in [0.15, 0.2) is 96.7 Å². The van der Waals surface area contributed by atoms with Gasteiger partial charge in [0.05, 0.1) is 25.0 Å². The Balaban J connectivity index is 1.63. The Morgan fingerprint density at radius 2 is 1.54 bits per heavy atom. The first-order valence-corrected chi connectivity index (χ1v) is 11.4. The van der Waals surface area contributed by atoms with Crippen molar-refractivity contribution in [3.8, 4) is 11.5 Å². The van der Waals surface area contributed by atoms with Gasteiger partial charge in [-0.1, -0.05) is 54.6 Å². The summed E-state index contributed by atoms with van der Waals surface area (Å²) in [5.41, 5.74) is 2.33. The van der Waals surface area contributed by atoms with Crippen molar-refractivity contribution in [2.45, 2.75) is 6.92 Å². The van der Waals surface area contributed by atoms with Crippen LogP contribution in [0.1, 0.15) is 12.5 Å². The molecule has 1 heterocycles. The fourth-order valence-corrected chi connectivity index (χ4v) is 4.25. The van der Waals surface area contributed by atoms with E-state index in [1.54, 1.807) is 55.6 Å². The lowest BCUT2D eigenvalue weighted by Gasteiger charge is -2.16. The summed E-state index contributed by atoms with van der Waals surface area (Å²) in [7, 11) is 1.55. The van der Waals surface area contributed by atoms with Crippen molar-refractivity contribution in [1.29, 1.82) is 0 Å². The van der Waals surface area contributed by atoms with E-state index in [9.17, 15) is 9.59 Å². The van der Waals surface area contributed by atoms with Crippen molar-refractivity contribution in [2.75, 3.05) is 23.9 Å². The van der Waals surface area contributed by atoms with Gasteiger partial charge in [-0.2, -0.15) is 0 Å². The second-order valence-corrected chi connectivity index (χ2v) is 8.01. The van der Waals surface area contributed by atoms with Crippen LogP contribution in [-0.2, 0) is 9.59 Å². The Morgan fingerprint density at radius 3 is 2.31 bits per heavy atom. The fraction of sp³-hybridized carbons (Fsp3) is 0.103. The molecule has 0 atom stereocenters. The van der Waals surface area contributed by atoms with Crippen molar-refractivity contribution >= 4 is 39.5 Å². The molecular weight excluding hydrogens is 440 g/mol. The maximum absolute atomic E-state index is 13.7. The Labute approximate surface area is 203 Å². The molecule has 0 bridgehead atoms. The van der Waals surface area contributed by atoms with Crippen LogP contribution in [0.2, 0.25) is 0 Å². The van der Waals surface area contributed by atoms with E-state index in [0.29, 0.717) is 34.9 Å². The van der Waals surface area contributed by atoms with Crippen LogP contribution in [0.3, 0.4) is 0 Å². The van der Waals surface area contributed by atoms with Gasteiger partial charge < -0.3 is 14.8 Å². The van der Waals surface area contributed by atoms with E-state index in [2.05, 4.69) is 5.32 Å². The second-order valence-electron chi connectivity index (χ2n) is 8.01. The topological polar surface area (TPSA) is 67.9 Å². The molecule has 174 valence electrons.